The van der Waals surface area contributed by atoms with Crippen LogP contribution in [0, 0.1) is 6.92 Å². The number of aromatic nitrogens is 1. The van der Waals surface area contributed by atoms with Crippen LogP contribution in [0.25, 0.3) is 0 Å². The third kappa shape index (κ3) is 3.43. The molecular formula is C14H24N4. The predicted octanol–water partition coefficient (Wildman–Crippen LogP) is 1.25. The summed E-state index contributed by atoms with van der Waals surface area (Å²) >= 11 is 0. The molecule has 1 aliphatic rings. The number of aryl methyl sites for hydroxylation is 1. The van der Waals surface area contributed by atoms with Gasteiger partial charge in [0.25, 0.3) is 0 Å². The van der Waals surface area contributed by atoms with Crippen LogP contribution in [0.4, 0.5) is 5.82 Å². The van der Waals surface area contributed by atoms with Gasteiger partial charge in [0.2, 0.25) is 0 Å². The Morgan fingerprint density at radius 2 is 2.00 bits per heavy atom. The Morgan fingerprint density at radius 3 is 2.61 bits per heavy atom. The maximum absolute atomic E-state index is 6.00. The number of pyridine rings is 1. The lowest BCUT2D eigenvalue weighted by atomic mass is 10.2. The second-order valence-corrected chi connectivity index (χ2v) is 5.09. The molecular weight excluding hydrogens is 224 g/mol. The van der Waals surface area contributed by atoms with Crippen LogP contribution in [0.2, 0.25) is 0 Å². The van der Waals surface area contributed by atoms with Crippen molar-refractivity contribution in [3.8, 4) is 0 Å². The minimum absolute atomic E-state index is 0.314. The highest BCUT2D eigenvalue weighted by Crippen LogP contribution is 2.14. The van der Waals surface area contributed by atoms with E-state index in [0.717, 1.165) is 50.7 Å². The second kappa shape index (κ2) is 6.16. The Morgan fingerprint density at radius 1 is 1.28 bits per heavy atom. The summed E-state index contributed by atoms with van der Waals surface area (Å²) in [5, 5.41) is 0. The molecule has 0 bridgehead atoms. The molecule has 0 saturated carbocycles. The lowest BCUT2D eigenvalue weighted by Crippen LogP contribution is -2.50. The van der Waals surface area contributed by atoms with Crippen LogP contribution in [0.1, 0.15) is 19.0 Å². The summed E-state index contributed by atoms with van der Waals surface area (Å²) < 4.78 is 0. The van der Waals surface area contributed by atoms with Gasteiger partial charge in [-0.3, -0.25) is 4.90 Å². The van der Waals surface area contributed by atoms with Crippen LogP contribution < -0.4 is 10.6 Å². The van der Waals surface area contributed by atoms with Crippen LogP contribution in [-0.4, -0.2) is 48.6 Å². The monoisotopic (exact) mass is 248 g/mol. The van der Waals surface area contributed by atoms with Crippen molar-refractivity contribution in [1.29, 1.82) is 0 Å². The molecule has 0 amide bonds. The number of rotatable bonds is 4. The van der Waals surface area contributed by atoms with E-state index in [1.165, 1.54) is 0 Å². The number of hydrogen-bond donors (Lipinski definition) is 1. The summed E-state index contributed by atoms with van der Waals surface area (Å²) in [6, 6.07) is 6.53. The van der Waals surface area contributed by atoms with Crippen molar-refractivity contribution >= 4 is 5.82 Å². The first-order valence-electron chi connectivity index (χ1n) is 6.85. The van der Waals surface area contributed by atoms with E-state index in [9.17, 15) is 0 Å². The average molecular weight is 248 g/mol. The molecule has 4 heteroatoms. The number of piperazine rings is 1. The number of anilines is 1. The van der Waals surface area contributed by atoms with Gasteiger partial charge in [-0.2, -0.15) is 0 Å². The molecule has 1 atom stereocenters. The fraction of sp³-hybridized carbons (Fsp3) is 0.643. The maximum atomic E-state index is 6.00. The summed E-state index contributed by atoms with van der Waals surface area (Å²) in [6.07, 6.45) is 1.06. The molecule has 0 aliphatic carbocycles. The smallest absolute Gasteiger partial charge is 0.128 e. The first kappa shape index (κ1) is 13.3. The zero-order valence-electron chi connectivity index (χ0n) is 11.5. The average Bonchev–Trinajstić information content (AvgIpc) is 2.39. The molecule has 0 radical (unpaired) electrons. The zero-order valence-corrected chi connectivity index (χ0v) is 11.5. The third-order valence-electron chi connectivity index (χ3n) is 3.59. The van der Waals surface area contributed by atoms with E-state index in [0.29, 0.717) is 6.04 Å². The van der Waals surface area contributed by atoms with Crippen molar-refractivity contribution in [2.75, 3.05) is 37.6 Å². The molecule has 1 fully saturated rings. The SMILES string of the molecule is CCC(N)CN1CCN(c2cccc(C)n2)CC1. The van der Waals surface area contributed by atoms with Crippen LogP contribution >= 0.6 is 0 Å². The standard InChI is InChI=1S/C14H24N4/c1-3-13(15)11-17-7-9-18(10-8-17)14-6-4-5-12(2)16-14/h4-6,13H,3,7-11,15H2,1-2H3. The van der Waals surface area contributed by atoms with Crippen molar-refractivity contribution in [2.24, 2.45) is 5.73 Å². The third-order valence-corrected chi connectivity index (χ3v) is 3.59. The predicted molar refractivity (Wildman–Crippen MR) is 75.9 cm³/mol. The van der Waals surface area contributed by atoms with Gasteiger partial charge in [-0.1, -0.05) is 13.0 Å². The van der Waals surface area contributed by atoms with Gasteiger partial charge >= 0.3 is 0 Å². The van der Waals surface area contributed by atoms with Gasteiger partial charge in [-0.15, -0.1) is 0 Å². The Labute approximate surface area is 110 Å². The molecule has 18 heavy (non-hydrogen) atoms. The molecule has 1 aromatic heterocycles. The molecule has 1 saturated heterocycles. The van der Waals surface area contributed by atoms with E-state index in [4.69, 9.17) is 5.73 Å². The molecule has 2 rings (SSSR count). The van der Waals surface area contributed by atoms with Crippen LogP contribution in [0.15, 0.2) is 18.2 Å². The van der Waals surface area contributed by atoms with Crippen molar-refractivity contribution in [2.45, 2.75) is 26.3 Å². The molecule has 1 aliphatic heterocycles. The lowest BCUT2D eigenvalue weighted by Gasteiger charge is -2.36. The van der Waals surface area contributed by atoms with Gasteiger partial charge < -0.3 is 10.6 Å². The first-order valence-corrected chi connectivity index (χ1v) is 6.85. The van der Waals surface area contributed by atoms with E-state index >= 15 is 0 Å². The highest BCUT2D eigenvalue weighted by atomic mass is 15.3. The maximum Gasteiger partial charge on any atom is 0.128 e. The van der Waals surface area contributed by atoms with Crippen molar-refractivity contribution < 1.29 is 0 Å². The van der Waals surface area contributed by atoms with Crippen LogP contribution in [0.3, 0.4) is 0 Å². The van der Waals surface area contributed by atoms with E-state index in [1.807, 2.05) is 13.0 Å². The van der Waals surface area contributed by atoms with Crippen LogP contribution in [-0.2, 0) is 0 Å². The van der Waals surface area contributed by atoms with Gasteiger partial charge in [-0.25, -0.2) is 4.98 Å². The number of hydrogen-bond acceptors (Lipinski definition) is 4. The normalized spacial score (nSPS) is 18.9. The molecule has 2 heterocycles. The highest BCUT2D eigenvalue weighted by molar-refractivity contribution is 5.39. The van der Waals surface area contributed by atoms with Crippen molar-refractivity contribution in [3.05, 3.63) is 23.9 Å². The minimum Gasteiger partial charge on any atom is -0.354 e. The van der Waals surface area contributed by atoms with Gasteiger partial charge in [0, 0.05) is 44.5 Å². The second-order valence-electron chi connectivity index (χ2n) is 5.09. The summed E-state index contributed by atoms with van der Waals surface area (Å²) in [6.45, 7) is 9.48. The number of nitrogens with two attached hydrogens (primary N) is 1. The molecule has 1 unspecified atom stereocenters. The minimum atomic E-state index is 0.314. The Kier molecular flexibility index (Phi) is 4.55. The van der Waals surface area contributed by atoms with Crippen molar-refractivity contribution in [3.63, 3.8) is 0 Å². The molecule has 0 spiro atoms. The van der Waals surface area contributed by atoms with Crippen molar-refractivity contribution in [1.82, 2.24) is 9.88 Å². The molecule has 4 nitrogen and oxygen atoms in total. The Hall–Kier alpha value is -1.13. The van der Waals surface area contributed by atoms with E-state index in [1.54, 1.807) is 0 Å². The number of nitrogens with zero attached hydrogens (tertiary/aromatic N) is 3. The Balaban J connectivity index is 1.87. The largest absolute Gasteiger partial charge is 0.354 e. The Bertz CT molecular complexity index is 372. The van der Waals surface area contributed by atoms with E-state index < -0.39 is 0 Å². The summed E-state index contributed by atoms with van der Waals surface area (Å²) in [5.41, 5.74) is 7.09. The zero-order chi connectivity index (χ0) is 13.0. The fourth-order valence-corrected chi connectivity index (χ4v) is 2.33. The van der Waals surface area contributed by atoms with E-state index in [-0.39, 0.29) is 0 Å². The van der Waals surface area contributed by atoms with Gasteiger partial charge in [0.1, 0.15) is 5.82 Å². The van der Waals surface area contributed by atoms with E-state index in [2.05, 4.69) is 33.8 Å². The summed E-state index contributed by atoms with van der Waals surface area (Å²) in [4.78, 5) is 9.40. The molecule has 100 valence electrons. The highest BCUT2D eigenvalue weighted by Gasteiger charge is 2.18. The summed E-state index contributed by atoms with van der Waals surface area (Å²) in [7, 11) is 0. The molecule has 1 aromatic rings. The lowest BCUT2D eigenvalue weighted by molar-refractivity contribution is 0.240. The molecule has 2 N–H and O–H groups in total. The van der Waals surface area contributed by atoms with Gasteiger partial charge in [-0.05, 0) is 25.5 Å². The van der Waals surface area contributed by atoms with Crippen LogP contribution in [0.5, 0.6) is 0 Å². The first-order chi connectivity index (χ1) is 8.69. The van der Waals surface area contributed by atoms with Gasteiger partial charge in [0.05, 0.1) is 0 Å². The molecule has 0 aromatic carbocycles. The van der Waals surface area contributed by atoms with Gasteiger partial charge in [0.15, 0.2) is 0 Å². The topological polar surface area (TPSA) is 45.4 Å². The fourth-order valence-electron chi connectivity index (χ4n) is 2.33. The quantitative estimate of drug-likeness (QED) is 0.871. The summed E-state index contributed by atoms with van der Waals surface area (Å²) in [5.74, 6) is 1.11.